The van der Waals surface area contributed by atoms with E-state index < -0.39 is 6.10 Å². The van der Waals surface area contributed by atoms with Gasteiger partial charge in [-0.25, -0.2) is 0 Å². The number of rotatable bonds is 7. The Morgan fingerprint density at radius 2 is 1.91 bits per heavy atom. The number of amides is 1. The van der Waals surface area contributed by atoms with E-state index in [2.05, 4.69) is 5.32 Å². The predicted octanol–water partition coefficient (Wildman–Crippen LogP) is 2.69. The van der Waals surface area contributed by atoms with Gasteiger partial charge >= 0.3 is 0 Å². The van der Waals surface area contributed by atoms with Crippen molar-refractivity contribution in [3.05, 3.63) is 35.9 Å². The highest BCUT2D eigenvalue weighted by Crippen LogP contribution is 2.28. The van der Waals surface area contributed by atoms with Crippen LogP contribution in [-0.4, -0.2) is 36.4 Å². The summed E-state index contributed by atoms with van der Waals surface area (Å²) in [5, 5.41) is 13.2. The highest BCUT2D eigenvalue weighted by atomic mass is 16.5. The molecule has 1 saturated carbocycles. The van der Waals surface area contributed by atoms with Crippen LogP contribution in [0.5, 0.6) is 0 Å². The predicted molar refractivity (Wildman–Crippen MR) is 91.1 cm³/mol. The zero-order valence-corrected chi connectivity index (χ0v) is 14.2. The molecule has 128 valence electrons. The first-order chi connectivity index (χ1) is 11.1. The first kappa shape index (κ1) is 18.0. The van der Waals surface area contributed by atoms with Gasteiger partial charge in [0.05, 0.1) is 18.2 Å². The van der Waals surface area contributed by atoms with Crippen LogP contribution >= 0.6 is 0 Å². The highest BCUT2D eigenvalue weighted by molar-refractivity contribution is 5.76. The number of methoxy groups -OCH3 is 1. The fraction of sp³-hybridized carbons (Fsp3) is 0.632. The minimum absolute atomic E-state index is 0.0467. The molecule has 0 spiro atoms. The molecule has 1 fully saturated rings. The second-order valence-corrected chi connectivity index (χ2v) is 6.70. The van der Waals surface area contributed by atoms with Crippen molar-refractivity contribution < 1.29 is 14.6 Å². The van der Waals surface area contributed by atoms with Crippen LogP contribution in [0.3, 0.4) is 0 Å². The Bertz CT molecular complexity index is 469. The Balaban J connectivity index is 1.72. The third-order valence-corrected chi connectivity index (χ3v) is 4.85. The van der Waals surface area contributed by atoms with Crippen LogP contribution in [0, 0.1) is 5.92 Å². The fourth-order valence-corrected chi connectivity index (χ4v) is 3.28. The molecule has 0 aliphatic heterocycles. The first-order valence-corrected chi connectivity index (χ1v) is 8.62. The van der Waals surface area contributed by atoms with E-state index in [0.717, 1.165) is 31.2 Å². The second kappa shape index (κ2) is 9.04. The molecule has 1 aromatic rings. The minimum atomic E-state index is -0.564. The number of ether oxygens (including phenoxy) is 1. The molecule has 0 saturated heterocycles. The summed E-state index contributed by atoms with van der Waals surface area (Å²) in [7, 11) is 1.76. The van der Waals surface area contributed by atoms with Gasteiger partial charge < -0.3 is 15.2 Å². The van der Waals surface area contributed by atoms with Crippen LogP contribution < -0.4 is 5.32 Å². The molecule has 0 heterocycles. The lowest BCUT2D eigenvalue weighted by atomic mass is 9.85. The largest absolute Gasteiger partial charge is 0.391 e. The molecule has 2 atom stereocenters. The van der Waals surface area contributed by atoms with Crippen LogP contribution in [0.2, 0.25) is 0 Å². The standard InChI is InChI=1S/C19H29NO3/c1-14(18(21)12-15-6-4-3-5-7-15)20-19(22)13-16-8-10-17(23-2)11-9-16/h3-7,14,16-18,21H,8-13H2,1-2H3,(H,20,22). The molecule has 2 N–H and O–H groups in total. The van der Waals surface area contributed by atoms with Gasteiger partial charge in [-0.3, -0.25) is 4.79 Å². The number of carbonyl (C=O) groups excluding carboxylic acids is 1. The summed E-state index contributed by atoms with van der Waals surface area (Å²) in [6.07, 6.45) is 5.09. The Labute approximate surface area is 139 Å². The van der Waals surface area contributed by atoms with Gasteiger partial charge in [0.2, 0.25) is 5.91 Å². The SMILES string of the molecule is COC1CCC(CC(=O)NC(C)C(O)Cc2ccccc2)CC1. The molecule has 1 amide bonds. The van der Waals surface area contributed by atoms with Crippen LogP contribution in [-0.2, 0) is 16.0 Å². The topological polar surface area (TPSA) is 58.6 Å². The Kier molecular flexibility index (Phi) is 7.06. The summed E-state index contributed by atoms with van der Waals surface area (Å²) >= 11 is 0. The third-order valence-electron chi connectivity index (χ3n) is 4.85. The van der Waals surface area contributed by atoms with Gasteiger partial charge in [0.15, 0.2) is 0 Å². The first-order valence-electron chi connectivity index (χ1n) is 8.62. The van der Waals surface area contributed by atoms with Gasteiger partial charge in [0.1, 0.15) is 0 Å². The molecule has 4 heteroatoms. The van der Waals surface area contributed by atoms with E-state index in [1.165, 1.54) is 0 Å². The monoisotopic (exact) mass is 319 g/mol. The van der Waals surface area contributed by atoms with Gasteiger partial charge in [-0.15, -0.1) is 0 Å². The van der Waals surface area contributed by atoms with Crippen molar-refractivity contribution in [2.24, 2.45) is 5.92 Å². The van der Waals surface area contributed by atoms with E-state index in [4.69, 9.17) is 4.74 Å². The maximum atomic E-state index is 12.2. The molecule has 2 rings (SSSR count). The molecule has 1 aliphatic rings. The zero-order valence-electron chi connectivity index (χ0n) is 14.2. The van der Waals surface area contributed by atoms with Gasteiger partial charge in [-0.05, 0) is 44.1 Å². The Morgan fingerprint density at radius 1 is 1.26 bits per heavy atom. The molecule has 1 aliphatic carbocycles. The van der Waals surface area contributed by atoms with Gasteiger partial charge in [0, 0.05) is 20.0 Å². The third kappa shape index (κ3) is 5.96. The van der Waals surface area contributed by atoms with E-state index >= 15 is 0 Å². The molecule has 23 heavy (non-hydrogen) atoms. The molecule has 0 bridgehead atoms. The Morgan fingerprint density at radius 3 is 2.52 bits per heavy atom. The van der Waals surface area contributed by atoms with Crippen LogP contribution in [0.25, 0.3) is 0 Å². The van der Waals surface area contributed by atoms with Crippen LogP contribution in [0.15, 0.2) is 30.3 Å². The molecule has 4 nitrogen and oxygen atoms in total. The lowest BCUT2D eigenvalue weighted by Gasteiger charge is -2.28. The van der Waals surface area contributed by atoms with Crippen molar-refractivity contribution in [2.75, 3.05) is 7.11 Å². The summed E-state index contributed by atoms with van der Waals surface area (Å²) in [4.78, 5) is 12.2. The van der Waals surface area contributed by atoms with Gasteiger partial charge in [0.25, 0.3) is 0 Å². The Hall–Kier alpha value is -1.39. The molecule has 0 radical (unpaired) electrons. The lowest BCUT2D eigenvalue weighted by Crippen LogP contribution is -2.42. The number of benzene rings is 1. The second-order valence-electron chi connectivity index (χ2n) is 6.70. The lowest BCUT2D eigenvalue weighted by molar-refractivity contribution is -0.123. The van der Waals surface area contributed by atoms with Crippen molar-refractivity contribution in [1.29, 1.82) is 0 Å². The highest BCUT2D eigenvalue weighted by Gasteiger charge is 2.24. The normalized spacial score (nSPS) is 24.0. The molecule has 0 aromatic heterocycles. The average molecular weight is 319 g/mol. The number of carbonyl (C=O) groups is 1. The average Bonchev–Trinajstić information content (AvgIpc) is 2.56. The quantitative estimate of drug-likeness (QED) is 0.812. The maximum Gasteiger partial charge on any atom is 0.220 e. The molecular weight excluding hydrogens is 290 g/mol. The van der Waals surface area contributed by atoms with E-state index in [-0.39, 0.29) is 11.9 Å². The van der Waals surface area contributed by atoms with Gasteiger partial charge in [-0.2, -0.15) is 0 Å². The molecule has 2 unspecified atom stereocenters. The van der Waals surface area contributed by atoms with Crippen molar-refractivity contribution >= 4 is 5.91 Å². The number of hydrogen-bond donors (Lipinski definition) is 2. The van der Waals surface area contributed by atoms with Crippen LogP contribution in [0.1, 0.15) is 44.6 Å². The summed E-state index contributed by atoms with van der Waals surface area (Å²) in [6, 6.07) is 9.62. The molecule has 1 aromatic carbocycles. The summed E-state index contributed by atoms with van der Waals surface area (Å²) in [6.45, 7) is 1.87. The van der Waals surface area contributed by atoms with Crippen molar-refractivity contribution in [1.82, 2.24) is 5.32 Å². The summed E-state index contributed by atoms with van der Waals surface area (Å²) in [5.41, 5.74) is 1.08. The van der Waals surface area contributed by atoms with Crippen molar-refractivity contribution in [2.45, 2.75) is 63.7 Å². The van der Waals surface area contributed by atoms with Crippen LogP contribution in [0.4, 0.5) is 0 Å². The number of nitrogens with one attached hydrogen (secondary N) is 1. The van der Waals surface area contributed by atoms with E-state index in [1.54, 1.807) is 7.11 Å². The van der Waals surface area contributed by atoms with E-state index in [9.17, 15) is 9.90 Å². The number of aliphatic hydroxyl groups excluding tert-OH is 1. The fourth-order valence-electron chi connectivity index (χ4n) is 3.28. The summed E-state index contributed by atoms with van der Waals surface area (Å²) < 4.78 is 5.36. The molecular formula is C19H29NO3. The minimum Gasteiger partial charge on any atom is -0.391 e. The smallest absolute Gasteiger partial charge is 0.220 e. The number of hydrogen-bond acceptors (Lipinski definition) is 3. The van der Waals surface area contributed by atoms with Crippen molar-refractivity contribution in [3.8, 4) is 0 Å². The maximum absolute atomic E-state index is 12.2. The number of aliphatic hydroxyl groups is 1. The van der Waals surface area contributed by atoms with Gasteiger partial charge in [-0.1, -0.05) is 30.3 Å². The zero-order chi connectivity index (χ0) is 16.7. The van der Waals surface area contributed by atoms with Crippen molar-refractivity contribution in [3.63, 3.8) is 0 Å². The van der Waals surface area contributed by atoms with E-state index in [1.807, 2.05) is 37.3 Å². The van der Waals surface area contributed by atoms with E-state index in [0.29, 0.717) is 24.9 Å². The summed E-state index contributed by atoms with van der Waals surface area (Å²) in [5.74, 6) is 0.491.